The van der Waals surface area contributed by atoms with Crippen LogP contribution in [0.15, 0.2) is 12.4 Å². The minimum Gasteiger partial charge on any atom is -0.479 e. The highest BCUT2D eigenvalue weighted by molar-refractivity contribution is 5.72. The van der Waals surface area contributed by atoms with Crippen LogP contribution in [0.5, 0.6) is 0 Å². The predicted octanol–water partition coefficient (Wildman–Crippen LogP) is 0.266. The summed E-state index contributed by atoms with van der Waals surface area (Å²) in [6, 6.07) is 0.162. The third-order valence-electron chi connectivity index (χ3n) is 3.13. The Morgan fingerprint density at radius 1 is 1.71 bits per heavy atom. The highest BCUT2D eigenvalue weighted by atomic mass is 16.5. The number of aliphatic carboxylic acids is 1. The van der Waals surface area contributed by atoms with Gasteiger partial charge in [-0.1, -0.05) is 0 Å². The van der Waals surface area contributed by atoms with E-state index in [1.54, 1.807) is 4.68 Å². The molecule has 2 atom stereocenters. The number of carboxylic acid groups (broad SMARTS) is 1. The van der Waals surface area contributed by atoms with Crippen molar-refractivity contribution in [3.63, 3.8) is 0 Å². The molecule has 2 unspecified atom stereocenters. The van der Waals surface area contributed by atoms with E-state index < -0.39 is 12.1 Å². The van der Waals surface area contributed by atoms with Gasteiger partial charge in [-0.2, -0.15) is 5.10 Å². The number of aryl methyl sites for hydroxylation is 1. The summed E-state index contributed by atoms with van der Waals surface area (Å²) in [7, 11) is 1.87. The Bertz CT molecular complexity index is 404. The average Bonchev–Trinajstić information content (AvgIpc) is 2.75. The van der Waals surface area contributed by atoms with Crippen LogP contribution in [0.1, 0.15) is 18.5 Å². The topological polar surface area (TPSA) is 67.6 Å². The highest BCUT2D eigenvalue weighted by Gasteiger charge is 2.29. The zero-order chi connectivity index (χ0) is 12.4. The van der Waals surface area contributed by atoms with E-state index in [1.165, 1.54) is 0 Å². The largest absolute Gasteiger partial charge is 0.479 e. The second-order valence-corrected chi connectivity index (χ2v) is 4.32. The maximum Gasteiger partial charge on any atom is 0.334 e. The third kappa shape index (κ3) is 2.65. The molecule has 17 heavy (non-hydrogen) atoms. The van der Waals surface area contributed by atoms with Gasteiger partial charge in [-0.05, 0) is 6.92 Å². The standard InChI is InChI=1S/C11H17N3O3/c1-8(9-5-12-13(2)6-9)14-3-4-17-10(7-14)11(15)16/h5-6,8,10H,3-4,7H2,1-2H3,(H,15,16). The van der Waals surface area contributed by atoms with Gasteiger partial charge in [0.25, 0.3) is 0 Å². The Morgan fingerprint density at radius 2 is 2.47 bits per heavy atom. The van der Waals surface area contributed by atoms with E-state index in [2.05, 4.69) is 16.9 Å². The van der Waals surface area contributed by atoms with Crippen LogP contribution >= 0.6 is 0 Å². The van der Waals surface area contributed by atoms with Gasteiger partial charge in [-0.25, -0.2) is 4.79 Å². The van der Waals surface area contributed by atoms with Gasteiger partial charge in [0.15, 0.2) is 6.10 Å². The Morgan fingerprint density at radius 3 is 3.06 bits per heavy atom. The van der Waals surface area contributed by atoms with Gasteiger partial charge in [-0.15, -0.1) is 0 Å². The fourth-order valence-corrected chi connectivity index (χ4v) is 2.04. The minimum atomic E-state index is -0.895. The van der Waals surface area contributed by atoms with Gasteiger partial charge in [0.2, 0.25) is 0 Å². The summed E-state index contributed by atoms with van der Waals surface area (Å²) < 4.78 is 6.95. The van der Waals surface area contributed by atoms with Crippen molar-refractivity contribution in [1.29, 1.82) is 0 Å². The van der Waals surface area contributed by atoms with Crippen LogP contribution in [0.3, 0.4) is 0 Å². The summed E-state index contributed by atoms with van der Waals surface area (Å²) in [5.74, 6) is -0.895. The molecule has 0 saturated carbocycles. The van der Waals surface area contributed by atoms with Gasteiger partial charge in [-0.3, -0.25) is 9.58 Å². The molecular weight excluding hydrogens is 222 g/mol. The second kappa shape index (κ2) is 4.85. The summed E-state index contributed by atoms with van der Waals surface area (Å²) in [6.45, 7) is 3.69. The molecule has 1 saturated heterocycles. The fraction of sp³-hybridized carbons (Fsp3) is 0.636. The second-order valence-electron chi connectivity index (χ2n) is 4.32. The van der Waals surface area contributed by atoms with Crippen LogP contribution in [-0.2, 0) is 16.6 Å². The Kier molecular flexibility index (Phi) is 3.44. The van der Waals surface area contributed by atoms with Gasteiger partial charge in [0.05, 0.1) is 12.8 Å². The van der Waals surface area contributed by atoms with Crippen LogP contribution in [0.2, 0.25) is 0 Å². The minimum absolute atomic E-state index is 0.162. The molecule has 2 rings (SSSR count). The molecule has 2 heterocycles. The number of morpholine rings is 1. The summed E-state index contributed by atoms with van der Waals surface area (Å²) in [5, 5.41) is 13.1. The molecule has 1 aliphatic heterocycles. The number of carboxylic acids is 1. The van der Waals surface area contributed by atoms with Crippen LogP contribution in [0, 0.1) is 0 Å². The van der Waals surface area contributed by atoms with Gasteiger partial charge in [0, 0.05) is 37.9 Å². The SMILES string of the molecule is CC(c1cnn(C)c1)N1CCOC(C(=O)O)C1. The molecule has 1 aromatic heterocycles. The predicted molar refractivity (Wildman–Crippen MR) is 60.6 cm³/mol. The summed E-state index contributed by atoms with van der Waals surface area (Å²) in [4.78, 5) is 13.0. The number of carbonyl (C=O) groups is 1. The van der Waals surface area contributed by atoms with E-state index in [9.17, 15) is 4.79 Å². The lowest BCUT2D eigenvalue weighted by Crippen LogP contribution is -2.46. The number of nitrogens with zero attached hydrogens (tertiary/aromatic N) is 3. The summed E-state index contributed by atoms with van der Waals surface area (Å²) in [5.41, 5.74) is 1.10. The molecule has 1 aromatic rings. The molecule has 94 valence electrons. The molecule has 1 fully saturated rings. The van der Waals surface area contributed by atoms with Crippen LogP contribution in [-0.4, -0.2) is 51.6 Å². The monoisotopic (exact) mass is 239 g/mol. The van der Waals surface area contributed by atoms with Crippen molar-refractivity contribution in [2.45, 2.75) is 19.1 Å². The van der Waals surface area contributed by atoms with Crippen molar-refractivity contribution < 1.29 is 14.6 Å². The van der Waals surface area contributed by atoms with Gasteiger partial charge in [0.1, 0.15) is 0 Å². The number of aromatic nitrogens is 2. The summed E-state index contributed by atoms with van der Waals surface area (Å²) in [6.07, 6.45) is 3.05. The van der Waals surface area contributed by atoms with Crippen LogP contribution in [0.25, 0.3) is 0 Å². The Balaban J connectivity index is 2.04. The van der Waals surface area contributed by atoms with Crippen molar-refractivity contribution in [2.75, 3.05) is 19.7 Å². The molecule has 6 heteroatoms. The number of ether oxygens (including phenoxy) is 1. The molecular formula is C11H17N3O3. The average molecular weight is 239 g/mol. The van der Waals surface area contributed by atoms with Crippen molar-refractivity contribution >= 4 is 5.97 Å². The van der Waals surface area contributed by atoms with E-state index in [-0.39, 0.29) is 6.04 Å². The molecule has 0 bridgehead atoms. The van der Waals surface area contributed by atoms with E-state index in [1.807, 2.05) is 19.4 Å². The highest BCUT2D eigenvalue weighted by Crippen LogP contribution is 2.21. The lowest BCUT2D eigenvalue weighted by molar-refractivity contribution is -0.157. The van der Waals surface area contributed by atoms with Crippen molar-refractivity contribution in [3.8, 4) is 0 Å². The molecule has 1 N–H and O–H groups in total. The van der Waals surface area contributed by atoms with E-state index in [0.29, 0.717) is 13.2 Å². The quantitative estimate of drug-likeness (QED) is 0.820. The number of rotatable bonds is 3. The number of hydrogen-bond acceptors (Lipinski definition) is 4. The Hall–Kier alpha value is -1.40. The van der Waals surface area contributed by atoms with E-state index >= 15 is 0 Å². The maximum atomic E-state index is 10.9. The first-order valence-corrected chi connectivity index (χ1v) is 5.65. The first kappa shape index (κ1) is 12.1. The molecule has 1 aliphatic rings. The molecule has 0 aromatic carbocycles. The molecule has 0 spiro atoms. The lowest BCUT2D eigenvalue weighted by Gasteiger charge is -2.34. The van der Waals surface area contributed by atoms with Crippen molar-refractivity contribution in [3.05, 3.63) is 18.0 Å². The van der Waals surface area contributed by atoms with E-state index in [4.69, 9.17) is 9.84 Å². The smallest absolute Gasteiger partial charge is 0.334 e. The normalized spacial score (nSPS) is 23.5. The molecule has 0 aliphatic carbocycles. The van der Waals surface area contributed by atoms with Crippen molar-refractivity contribution in [2.24, 2.45) is 7.05 Å². The summed E-state index contributed by atoms with van der Waals surface area (Å²) >= 11 is 0. The van der Waals surface area contributed by atoms with Gasteiger partial charge >= 0.3 is 5.97 Å². The van der Waals surface area contributed by atoms with Crippen molar-refractivity contribution in [1.82, 2.24) is 14.7 Å². The lowest BCUT2D eigenvalue weighted by atomic mass is 10.1. The molecule has 0 radical (unpaired) electrons. The molecule has 6 nitrogen and oxygen atoms in total. The van der Waals surface area contributed by atoms with E-state index in [0.717, 1.165) is 12.1 Å². The van der Waals surface area contributed by atoms with Crippen LogP contribution in [0.4, 0.5) is 0 Å². The fourth-order valence-electron chi connectivity index (χ4n) is 2.04. The molecule has 0 amide bonds. The Labute approximate surface area is 99.8 Å². The number of hydrogen-bond donors (Lipinski definition) is 1. The first-order chi connectivity index (χ1) is 8.08. The zero-order valence-electron chi connectivity index (χ0n) is 10.0. The van der Waals surface area contributed by atoms with Gasteiger partial charge < -0.3 is 9.84 Å². The first-order valence-electron chi connectivity index (χ1n) is 5.65. The zero-order valence-corrected chi connectivity index (χ0v) is 10.0. The maximum absolute atomic E-state index is 10.9. The third-order valence-corrected chi connectivity index (χ3v) is 3.13. The van der Waals surface area contributed by atoms with Crippen LogP contribution < -0.4 is 0 Å².